The van der Waals surface area contributed by atoms with Gasteiger partial charge in [0.25, 0.3) is 0 Å². The Morgan fingerprint density at radius 2 is 1.67 bits per heavy atom. The van der Waals surface area contributed by atoms with Crippen molar-refractivity contribution in [3.8, 4) is 11.8 Å². The third-order valence-corrected chi connectivity index (χ3v) is 6.13. The molecule has 0 spiro atoms. The van der Waals surface area contributed by atoms with Crippen molar-refractivity contribution in [1.82, 2.24) is 0 Å². The second-order valence-electron chi connectivity index (χ2n) is 8.88. The zero-order valence-electron chi connectivity index (χ0n) is 19.4. The Balaban J connectivity index is 1.69. The van der Waals surface area contributed by atoms with Crippen LogP contribution in [0.25, 0.3) is 5.57 Å². The molecule has 1 aliphatic carbocycles. The summed E-state index contributed by atoms with van der Waals surface area (Å²) < 4.78 is 5.04. The largest absolute Gasteiger partial charge is 0.462 e. The first-order valence-electron chi connectivity index (χ1n) is 11.4. The molecule has 33 heavy (non-hydrogen) atoms. The SMILES string of the molecule is CCOC(=O)c1ccc(C#Cc2ccc3c(c2)C(c2ccccc2CN)=CCC3(C)C)cc1. The lowest BCUT2D eigenvalue weighted by Gasteiger charge is -2.33. The minimum Gasteiger partial charge on any atom is -0.462 e. The maximum absolute atomic E-state index is 11.8. The highest BCUT2D eigenvalue weighted by Crippen LogP contribution is 2.42. The lowest BCUT2D eigenvalue weighted by molar-refractivity contribution is 0.0526. The number of carbonyl (C=O) groups excluding carboxylic acids is 1. The normalized spacial score (nSPS) is 13.9. The molecule has 3 heteroatoms. The van der Waals surface area contributed by atoms with Gasteiger partial charge in [0.1, 0.15) is 0 Å². The molecule has 0 atom stereocenters. The number of rotatable bonds is 4. The minimum absolute atomic E-state index is 0.0609. The van der Waals surface area contributed by atoms with Crippen LogP contribution in [0.1, 0.15) is 70.9 Å². The van der Waals surface area contributed by atoms with E-state index in [0.717, 1.165) is 23.1 Å². The molecule has 0 unspecified atom stereocenters. The van der Waals surface area contributed by atoms with E-state index in [1.54, 1.807) is 19.1 Å². The third-order valence-electron chi connectivity index (χ3n) is 6.13. The number of nitrogens with two attached hydrogens (primary N) is 1. The Labute approximate surface area is 196 Å². The number of esters is 1. The van der Waals surface area contributed by atoms with Gasteiger partial charge in [-0.15, -0.1) is 0 Å². The lowest BCUT2D eigenvalue weighted by atomic mass is 9.71. The molecule has 0 saturated heterocycles. The summed E-state index contributed by atoms with van der Waals surface area (Å²) in [6.45, 7) is 7.23. The summed E-state index contributed by atoms with van der Waals surface area (Å²) >= 11 is 0. The van der Waals surface area contributed by atoms with Crippen LogP contribution in [0.4, 0.5) is 0 Å². The van der Waals surface area contributed by atoms with Crippen molar-refractivity contribution in [2.45, 2.75) is 39.2 Å². The lowest BCUT2D eigenvalue weighted by Crippen LogP contribution is -2.22. The highest BCUT2D eigenvalue weighted by atomic mass is 16.5. The maximum atomic E-state index is 11.8. The molecule has 0 fully saturated rings. The second-order valence-corrected chi connectivity index (χ2v) is 8.88. The van der Waals surface area contributed by atoms with Crippen molar-refractivity contribution >= 4 is 11.5 Å². The van der Waals surface area contributed by atoms with Gasteiger partial charge < -0.3 is 10.5 Å². The predicted molar refractivity (Wildman–Crippen MR) is 134 cm³/mol. The molecule has 4 rings (SSSR count). The van der Waals surface area contributed by atoms with Crippen LogP contribution >= 0.6 is 0 Å². The molecule has 0 saturated carbocycles. The summed E-state index contributed by atoms with van der Waals surface area (Å²) in [7, 11) is 0. The van der Waals surface area contributed by atoms with Gasteiger partial charge in [-0.1, -0.05) is 62.1 Å². The molecular weight excluding hydrogens is 406 g/mol. The molecule has 3 nitrogen and oxygen atoms in total. The Kier molecular flexibility index (Phi) is 6.49. The van der Waals surface area contributed by atoms with Crippen LogP contribution in [0, 0.1) is 11.8 Å². The van der Waals surface area contributed by atoms with Gasteiger partial charge in [0.05, 0.1) is 12.2 Å². The van der Waals surface area contributed by atoms with E-state index in [1.807, 2.05) is 18.2 Å². The predicted octanol–water partition coefficient (Wildman–Crippen LogP) is 5.83. The molecule has 0 aliphatic heterocycles. The molecule has 0 radical (unpaired) electrons. The molecule has 0 aromatic heterocycles. The first-order valence-corrected chi connectivity index (χ1v) is 11.4. The van der Waals surface area contributed by atoms with Gasteiger partial charge in [0, 0.05) is 17.7 Å². The molecule has 2 N–H and O–H groups in total. The molecule has 166 valence electrons. The quantitative estimate of drug-likeness (QED) is 0.414. The van der Waals surface area contributed by atoms with Crippen LogP contribution in [0.5, 0.6) is 0 Å². The molecule has 1 aliphatic rings. The van der Waals surface area contributed by atoms with Crippen LogP contribution < -0.4 is 5.73 Å². The van der Waals surface area contributed by atoms with E-state index in [4.69, 9.17) is 10.5 Å². The van der Waals surface area contributed by atoms with E-state index in [-0.39, 0.29) is 11.4 Å². The molecule has 0 heterocycles. The fourth-order valence-electron chi connectivity index (χ4n) is 4.28. The van der Waals surface area contributed by atoms with Crippen molar-refractivity contribution in [3.05, 3.63) is 112 Å². The van der Waals surface area contributed by atoms with Gasteiger partial charge >= 0.3 is 5.97 Å². The summed E-state index contributed by atoms with van der Waals surface area (Å²) in [4.78, 5) is 11.8. The van der Waals surface area contributed by atoms with Crippen LogP contribution in [-0.2, 0) is 16.7 Å². The van der Waals surface area contributed by atoms with Crippen LogP contribution in [0.15, 0.2) is 72.8 Å². The van der Waals surface area contributed by atoms with Crippen LogP contribution in [0.2, 0.25) is 0 Å². The fourth-order valence-corrected chi connectivity index (χ4v) is 4.28. The topological polar surface area (TPSA) is 52.3 Å². The summed E-state index contributed by atoms with van der Waals surface area (Å²) in [5.74, 6) is 6.20. The van der Waals surface area contributed by atoms with Crippen molar-refractivity contribution in [3.63, 3.8) is 0 Å². The standard InChI is InChI=1S/C30H29NO2/c1-4-33-29(32)23-14-11-21(12-15-23)9-10-22-13-16-28-27(19-22)26(17-18-30(28,2)3)25-8-6-5-7-24(25)20-31/h5-8,11-17,19H,4,18,20,31H2,1-3H3. The van der Waals surface area contributed by atoms with Gasteiger partial charge in [-0.25, -0.2) is 4.79 Å². The minimum atomic E-state index is -0.314. The van der Waals surface area contributed by atoms with E-state index in [1.165, 1.54) is 22.3 Å². The monoisotopic (exact) mass is 435 g/mol. The number of benzene rings is 3. The van der Waals surface area contributed by atoms with Gasteiger partial charge in [-0.3, -0.25) is 0 Å². The molecule has 3 aromatic rings. The van der Waals surface area contributed by atoms with E-state index in [0.29, 0.717) is 18.7 Å². The second kappa shape index (κ2) is 9.48. The Morgan fingerprint density at radius 1 is 0.970 bits per heavy atom. The van der Waals surface area contributed by atoms with Gasteiger partial charge in [0.15, 0.2) is 0 Å². The van der Waals surface area contributed by atoms with E-state index in [9.17, 15) is 4.79 Å². The molecule has 3 aromatic carbocycles. The van der Waals surface area contributed by atoms with Crippen molar-refractivity contribution in [2.24, 2.45) is 5.73 Å². The first-order chi connectivity index (χ1) is 15.9. The zero-order valence-corrected chi connectivity index (χ0v) is 19.4. The number of ether oxygens (including phenoxy) is 1. The maximum Gasteiger partial charge on any atom is 0.338 e. The van der Waals surface area contributed by atoms with Crippen LogP contribution in [0.3, 0.4) is 0 Å². The van der Waals surface area contributed by atoms with Crippen LogP contribution in [-0.4, -0.2) is 12.6 Å². The molecule has 0 bridgehead atoms. The Bertz CT molecular complexity index is 1270. The number of carbonyl (C=O) groups is 1. The third kappa shape index (κ3) is 4.77. The number of allylic oxidation sites excluding steroid dienone is 1. The average molecular weight is 436 g/mol. The summed E-state index contributed by atoms with van der Waals surface area (Å²) in [6.07, 6.45) is 3.31. The smallest absolute Gasteiger partial charge is 0.338 e. The number of hydrogen-bond donors (Lipinski definition) is 1. The van der Waals surface area contributed by atoms with E-state index < -0.39 is 0 Å². The summed E-state index contributed by atoms with van der Waals surface area (Å²) in [5, 5.41) is 0. The highest BCUT2D eigenvalue weighted by Gasteiger charge is 2.29. The number of hydrogen-bond acceptors (Lipinski definition) is 3. The fraction of sp³-hybridized carbons (Fsp3) is 0.233. The zero-order chi connectivity index (χ0) is 23.4. The van der Waals surface area contributed by atoms with E-state index in [2.05, 4.69) is 68.2 Å². The summed E-state index contributed by atoms with van der Waals surface area (Å²) in [6, 6.07) is 22.1. The Morgan fingerprint density at radius 3 is 2.39 bits per heavy atom. The molecular formula is C30H29NO2. The van der Waals surface area contributed by atoms with E-state index >= 15 is 0 Å². The van der Waals surface area contributed by atoms with Gasteiger partial charge in [-0.05, 0) is 83.0 Å². The number of fused-ring (bicyclic) bond motifs is 1. The van der Waals surface area contributed by atoms with Crippen molar-refractivity contribution in [1.29, 1.82) is 0 Å². The summed E-state index contributed by atoms with van der Waals surface area (Å²) in [5.41, 5.74) is 14.6. The first kappa shape index (κ1) is 22.6. The van der Waals surface area contributed by atoms with Gasteiger partial charge in [0.2, 0.25) is 0 Å². The van der Waals surface area contributed by atoms with Crippen molar-refractivity contribution < 1.29 is 9.53 Å². The molecule has 0 amide bonds. The highest BCUT2D eigenvalue weighted by molar-refractivity contribution is 5.89. The van der Waals surface area contributed by atoms with Crippen molar-refractivity contribution in [2.75, 3.05) is 6.61 Å². The Hall–Kier alpha value is -3.61. The average Bonchev–Trinajstić information content (AvgIpc) is 2.83. The van der Waals surface area contributed by atoms with Gasteiger partial charge in [-0.2, -0.15) is 0 Å².